The summed E-state index contributed by atoms with van der Waals surface area (Å²) in [6.07, 6.45) is 5.08. The first-order chi connectivity index (χ1) is 10.7. The maximum Gasteiger partial charge on any atom is 0.252 e. The molecule has 2 aromatic rings. The van der Waals surface area contributed by atoms with Crippen molar-refractivity contribution in [1.82, 2.24) is 15.3 Å². The van der Waals surface area contributed by atoms with Crippen LogP contribution in [0, 0.1) is 0 Å². The summed E-state index contributed by atoms with van der Waals surface area (Å²) in [6.45, 7) is 3.01. The number of carbonyl (C=O) groups excluding carboxylic acids is 1. The van der Waals surface area contributed by atoms with Gasteiger partial charge in [0, 0.05) is 32.2 Å². The predicted molar refractivity (Wildman–Crippen MR) is 84.7 cm³/mol. The third kappa shape index (κ3) is 4.53. The first-order valence-corrected chi connectivity index (χ1v) is 7.10. The molecule has 116 valence electrons. The zero-order valence-corrected chi connectivity index (χ0v) is 12.7. The number of pyridine rings is 2. The molecule has 2 aromatic heterocycles. The van der Waals surface area contributed by atoms with Crippen molar-refractivity contribution in [1.29, 1.82) is 0 Å². The maximum atomic E-state index is 11.8. The van der Waals surface area contributed by atoms with Crippen molar-refractivity contribution in [3.05, 3.63) is 54.0 Å². The van der Waals surface area contributed by atoms with E-state index in [1.165, 1.54) is 0 Å². The van der Waals surface area contributed by atoms with E-state index >= 15 is 0 Å². The average molecular weight is 300 g/mol. The van der Waals surface area contributed by atoms with E-state index in [0.717, 1.165) is 11.4 Å². The number of methoxy groups -OCH3 is 1. The van der Waals surface area contributed by atoms with Crippen LogP contribution in [0.25, 0.3) is 0 Å². The van der Waals surface area contributed by atoms with Crippen molar-refractivity contribution < 1.29 is 9.53 Å². The molecule has 0 aliphatic carbocycles. The second-order valence-electron chi connectivity index (χ2n) is 4.83. The van der Waals surface area contributed by atoms with Gasteiger partial charge in [0.15, 0.2) is 0 Å². The first kappa shape index (κ1) is 15.9. The van der Waals surface area contributed by atoms with Crippen LogP contribution in [0.4, 0.5) is 5.82 Å². The normalized spacial score (nSPS) is 11.7. The second kappa shape index (κ2) is 8.09. The minimum Gasteiger partial charge on any atom is -0.383 e. The molecule has 6 nitrogen and oxygen atoms in total. The van der Waals surface area contributed by atoms with Gasteiger partial charge in [0.25, 0.3) is 5.91 Å². The molecule has 0 spiro atoms. The van der Waals surface area contributed by atoms with Gasteiger partial charge in [-0.15, -0.1) is 0 Å². The highest BCUT2D eigenvalue weighted by molar-refractivity contribution is 5.94. The van der Waals surface area contributed by atoms with E-state index in [0.29, 0.717) is 18.7 Å². The molecule has 1 amide bonds. The zero-order chi connectivity index (χ0) is 15.8. The molecule has 0 saturated heterocycles. The van der Waals surface area contributed by atoms with E-state index in [4.69, 9.17) is 4.74 Å². The summed E-state index contributed by atoms with van der Waals surface area (Å²) in [5, 5.41) is 6.04. The van der Waals surface area contributed by atoms with Gasteiger partial charge in [-0.05, 0) is 36.8 Å². The van der Waals surface area contributed by atoms with Gasteiger partial charge >= 0.3 is 0 Å². The summed E-state index contributed by atoms with van der Waals surface area (Å²) in [4.78, 5) is 20.1. The lowest BCUT2D eigenvalue weighted by Gasteiger charge is -2.14. The molecule has 0 unspecified atom stereocenters. The Balaban J connectivity index is 1.93. The zero-order valence-electron chi connectivity index (χ0n) is 12.7. The van der Waals surface area contributed by atoms with Crippen molar-refractivity contribution in [2.75, 3.05) is 25.6 Å². The Bertz CT molecular complexity index is 587. The number of amides is 1. The standard InChI is InChI=1S/C16H20N4O2/c1-12(13-5-7-17-8-6-13)20-15-4-3-14(11-19-15)16(21)18-9-10-22-2/h3-8,11-12H,9-10H2,1-2H3,(H,18,21)(H,19,20)/t12-/m0/s1. The van der Waals surface area contributed by atoms with Gasteiger partial charge in [-0.1, -0.05) is 0 Å². The molecule has 6 heteroatoms. The molecule has 1 atom stereocenters. The smallest absolute Gasteiger partial charge is 0.252 e. The second-order valence-corrected chi connectivity index (χ2v) is 4.83. The number of rotatable bonds is 7. The number of nitrogens with one attached hydrogen (secondary N) is 2. The molecule has 0 aromatic carbocycles. The molecule has 0 aliphatic heterocycles. The highest BCUT2D eigenvalue weighted by atomic mass is 16.5. The lowest BCUT2D eigenvalue weighted by Crippen LogP contribution is -2.27. The van der Waals surface area contributed by atoms with Crippen LogP contribution < -0.4 is 10.6 Å². The number of hydrogen-bond donors (Lipinski definition) is 2. The summed E-state index contributed by atoms with van der Waals surface area (Å²) in [5.41, 5.74) is 1.65. The minimum absolute atomic E-state index is 0.108. The number of ether oxygens (including phenoxy) is 1. The van der Waals surface area contributed by atoms with E-state index in [2.05, 4.69) is 20.6 Å². The van der Waals surface area contributed by atoms with Gasteiger partial charge in [0.05, 0.1) is 18.2 Å². The van der Waals surface area contributed by atoms with E-state index in [-0.39, 0.29) is 11.9 Å². The molecular weight excluding hydrogens is 280 g/mol. The Morgan fingerprint density at radius 2 is 2.05 bits per heavy atom. The van der Waals surface area contributed by atoms with Gasteiger partial charge in [0.2, 0.25) is 0 Å². The Kier molecular flexibility index (Phi) is 5.85. The molecule has 0 radical (unpaired) electrons. The molecule has 0 fully saturated rings. The van der Waals surface area contributed by atoms with Crippen LogP contribution in [0.15, 0.2) is 42.9 Å². The molecule has 2 rings (SSSR count). The molecule has 0 saturated carbocycles. The molecule has 2 heterocycles. The van der Waals surface area contributed by atoms with Crippen LogP contribution in [-0.4, -0.2) is 36.1 Å². The van der Waals surface area contributed by atoms with Crippen molar-refractivity contribution >= 4 is 11.7 Å². The minimum atomic E-state index is -0.154. The summed E-state index contributed by atoms with van der Waals surface area (Å²) in [5.74, 6) is 0.566. The topological polar surface area (TPSA) is 76.1 Å². The summed E-state index contributed by atoms with van der Waals surface area (Å²) in [6, 6.07) is 7.56. The maximum absolute atomic E-state index is 11.8. The third-order valence-corrected chi connectivity index (χ3v) is 3.19. The highest BCUT2D eigenvalue weighted by Crippen LogP contribution is 2.16. The van der Waals surface area contributed by atoms with Crippen LogP contribution in [0.2, 0.25) is 0 Å². The molecule has 2 N–H and O–H groups in total. The quantitative estimate of drug-likeness (QED) is 0.765. The van der Waals surface area contributed by atoms with E-state index in [1.54, 1.807) is 37.8 Å². The van der Waals surface area contributed by atoms with Gasteiger partial charge < -0.3 is 15.4 Å². The lowest BCUT2D eigenvalue weighted by molar-refractivity contribution is 0.0937. The van der Waals surface area contributed by atoms with Crippen molar-refractivity contribution in [3.63, 3.8) is 0 Å². The van der Waals surface area contributed by atoms with Gasteiger partial charge in [-0.3, -0.25) is 9.78 Å². The SMILES string of the molecule is COCCNC(=O)c1ccc(N[C@@H](C)c2ccncc2)nc1. The van der Waals surface area contributed by atoms with Crippen LogP contribution in [-0.2, 0) is 4.74 Å². The van der Waals surface area contributed by atoms with Crippen molar-refractivity contribution in [3.8, 4) is 0 Å². The Hall–Kier alpha value is -2.47. The average Bonchev–Trinajstić information content (AvgIpc) is 2.56. The largest absolute Gasteiger partial charge is 0.383 e. The van der Waals surface area contributed by atoms with Crippen LogP contribution in [0.1, 0.15) is 28.9 Å². The van der Waals surface area contributed by atoms with E-state index < -0.39 is 0 Å². The number of aromatic nitrogens is 2. The fourth-order valence-electron chi connectivity index (χ4n) is 1.94. The van der Waals surface area contributed by atoms with Crippen molar-refractivity contribution in [2.45, 2.75) is 13.0 Å². The number of nitrogens with zero attached hydrogens (tertiary/aromatic N) is 2. The Morgan fingerprint density at radius 3 is 2.68 bits per heavy atom. The highest BCUT2D eigenvalue weighted by Gasteiger charge is 2.08. The monoisotopic (exact) mass is 300 g/mol. The summed E-state index contributed by atoms with van der Waals surface area (Å²) in [7, 11) is 1.60. The number of hydrogen-bond acceptors (Lipinski definition) is 5. The van der Waals surface area contributed by atoms with Crippen molar-refractivity contribution in [2.24, 2.45) is 0 Å². The summed E-state index contributed by atoms with van der Waals surface area (Å²) >= 11 is 0. The summed E-state index contributed by atoms with van der Waals surface area (Å²) < 4.78 is 4.89. The first-order valence-electron chi connectivity index (χ1n) is 7.10. The fourth-order valence-corrected chi connectivity index (χ4v) is 1.94. The fraction of sp³-hybridized carbons (Fsp3) is 0.312. The van der Waals surface area contributed by atoms with Crippen LogP contribution in [0.3, 0.4) is 0 Å². The van der Waals surface area contributed by atoms with E-state index in [1.807, 2.05) is 19.1 Å². The van der Waals surface area contributed by atoms with Gasteiger partial charge in [0.1, 0.15) is 5.82 Å². The third-order valence-electron chi connectivity index (χ3n) is 3.19. The van der Waals surface area contributed by atoms with E-state index in [9.17, 15) is 4.79 Å². The molecular formula is C16H20N4O2. The lowest BCUT2D eigenvalue weighted by atomic mass is 10.1. The number of carbonyl (C=O) groups is 1. The van der Waals surface area contributed by atoms with Crippen LogP contribution >= 0.6 is 0 Å². The van der Waals surface area contributed by atoms with Crippen LogP contribution in [0.5, 0.6) is 0 Å². The Morgan fingerprint density at radius 1 is 1.27 bits per heavy atom. The Labute approximate surface area is 129 Å². The molecule has 0 aliphatic rings. The molecule has 22 heavy (non-hydrogen) atoms. The van der Waals surface area contributed by atoms with Gasteiger partial charge in [-0.25, -0.2) is 4.98 Å². The van der Waals surface area contributed by atoms with Gasteiger partial charge in [-0.2, -0.15) is 0 Å². The predicted octanol–water partition coefficient (Wildman–Crippen LogP) is 2.03. The molecule has 0 bridgehead atoms. The number of anilines is 1.